The quantitative estimate of drug-likeness (QED) is 0.714. The van der Waals surface area contributed by atoms with Gasteiger partial charge in [-0.3, -0.25) is 0 Å². The summed E-state index contributed by atoms with van der Waals surface area (Å²) < 4.78 is 16.0. The van der Waals surface area contributed by atoms with Crippen molar-refractivity contribution in [1.82, 2.24) is 0 Å². The van der Waals surface area contributed by atoms with Gasteiger partial charge < -0.3 is 19.3 Å². The molecule has 2 rings (SSSR count). The van der Waals surface area contributed by atoms with Crippen molar-refractivity contribution in [3.05, 3.63) is 0 Å². The lowest BCUT2D eigenvalue weighted by atomic mass is 9.87. The van der Waals surface area contributed by atoms with Gasteiger partial charge in [0, 0.05) is 33.5 Å². The molecule has 0 aromatic rings. The van der Waals surface area contributed by atoms with Crippen molar-refractivity contribution in [3.63, 3.8) is 0 Å². The molecule has 88 valence electrons. The van der Waals surface area contributed by atoms with Crippen LogP contribution >= 0.6 is 0 Å². The molecular formula is C11H20O4. The molecule has 0 amide bonds. The van der Waals surface area contributed by atoms with E-state index in [0.717, 1.165) is 12.8 Å². The number of fused-ring (bicyclic) bond motifs is 2. The van der Waals surface area contributed by atoms with E-state index in [1.165, 1.54) is 0 Å². The van der Waals surface area contributed by atoms with Crippen molar-refractivity contribution in [2.45, 2.75) is 56.2 Å². The van der Waals surface area contributed by atoms with Crippen molar-refractivity contribution >= 4 is 0 Å². The van der Waals surface area contributed by atoms with Crippen LogP contribution < -0.4 is 0 Å². The molecule has 0 aliphatic carbocycles. The van der Waals surface area contributed by atoms with Crippen LogP contribution in [0.5, 0.6) is 0 Å². The summed E-state index contributed by atoms with van der Waals surface area (Å²) in [5.74, 6) is 0. The van der Waals surface area contributed by atoms with Gasteiger partial charge in [0.25, 0.3) is 0 Å². The second-order valence-electron chi connectivity index (χ2n) is 4.70. The van der Waals surface area contributed by atoms with Gasteiger partial charge >= 0.3 is 0 Å². The largest absolute Gasteiger partial charge is 0.389 e. The third kappa shape index (κ3) is 2.50. The lowest BCUT2D eigenvalue weighted by molar-refractivity contribution is -0.176. The van der Waals surface area contributed by atoms with Crippen LogP contribution in [0.2, 0.25) is 0 Å². The molecule has 2 aliphatic heterocycles. The molecule has 0 aromatic heterocycles. The summed E-state index contributed by atoms with van der Waals surface area (Å²) in [5.41, 5.74) is -0.666. The van der Waals surface area contributed by atoms with Crippen molar-refractivity contribution in [2.75, 3.05) is 14.2 Å². The van der Waals surface area contributed by atoms with E-state index in [2.05, 4.69) is 0 Å². The van der Waals surface area contributed by atoms with Crippen molar-refractivity contribution in [3.8, 4) is 0 Å². The van der Waals surface area contributed by atoms with Crippen LogP contribution in [-0.4, -0.2) is 43.4 Å². The van der Waals surface area contributed by atoms with Crippen LogP contribution in [0.15, 0.2) is 0 Å². The Bertz CT molecular complexity index is 203. The Morgan fingerprint density at radius 3 is 2.27 bits per heavy atom. The molecule has 4 nitrogen and oxygen atoms in total. The van der Waals surface area contributed by atoms with E-state index >= 15 is 0 Å². The number of hydrogen-bond donors (Lipinski definition) is 1. The Hall–Kier alpha value is -0.160. The van der Waals surface area contributed by atoms with Crippen LogP contribution in [0.3, 0.4) is 0 Å². The van der Waals surface area contributed by atoms with Crippen molar-refractivity contribution in [2.24, 2.45) is 0 Å². The SMILES string of the molecule is COC(CC1(O)CC2CCC(C1)O2)OC. The van der Waals surface area contributed by atoms with Crippen LogP contribution in [0.1, 0.15) is 32.1 Å². The maximum absolute atomic E-state index is 10.4. The zero-order valence-electron chi connectivity index (χ0n) is 9.44. The van der Waals surface area contributed by atoms with Crippen LogP contribution in [0.25, 0.3) is 0 Å². The zero-order chi connectivity index (χ0) is 10.9. The number of methoxy groups -OCH3 is 2. The molecule has 2 fully saturated rings. The second kappa shape index (κ2) is 4.37. The van der Waals surface area contributed by atoms with Gasteiger partial charge in [0.15, 0.2) is 6.29 Å². The maximum Gasteiger partial charge on any atom is 0.159 e. The number of hydrogen-bond acceptors (Lipinski definition) is 4. The minimum absolute atomic E-state index is 0.239. The smallest absolute Gasteiger partial charge is 0.159 e. The van der Waals surface area contributed by atoms with E-state index in [0.29, 0.717) is 19.3 Å². The fourth-order valence-corrected chi connectivity index (χ4v) is 2.75. The lowest BCUT2D eigenvalue weighted by Crippen LogP contribution is -2.44. The summed E-state index contributed by atoms with van der Waals surface area (Å²) in [4.78, 5) is 0. The summed E-state index contributed by atoms with van der Waals surface area (Å²) in [7, 11) is 3.21. The molecule has 15 heavy (non-hydrogen) atoms. The predicted octanol–water partition coefficient (Wildman–Crippen LogP) is 1.07. The Morgan fingerprint density at radius 1 is 1.27 bits per heavy atom. The van der Waals surface area contributed by atoms with Crippen LogP contribution in [0.4, 0.5) is 0 Å². The normalized spacial score (nSPS) is 40.0. The van der Waals surface area contributed by atoms with Gasteiger partial charge in [0.05, 0.1) is 17.8 Å². The van der Waals surface area contributed by atoms with Gasteiger partial charge in [-0.1, -0.05) is 0 Å². The van der Waals surface area contributed by atoms with Crippen LogP contribution in [-0.2, 0) is 14.2 Å². The monoisotopic (exact) mass is 216 g/mol. The van der Waals surface area contributed by atoms with Gasteiger partial charge in [0.2, 0.25) is 0 Å². The highest BCUT2D eigenvalue weighted by atomic mass is 16.7. The highest BCUT2D eigenvalue weighted by Gasteiger charge is 2.44. The predicted molar refractivity (Wildman–Crippen MR) is 54.5 cm³/mol. The molecule has 0 spiro atoms. The second-order valence-corrected chi connectivity index (χ2v) is 4.70. The highest BCUT2D eigenvalue weighted by Crippen LogP contribution is 2.40. The maximum atomic E-state index is 10.4. The molecule has 2 saturated heterocycles. The first kappa shape index (κ1) is 11.3. The fraction of sp³-hybridized carbons (Fsp3) is 1.00. The Kier molecular flexibility index (Phi) is 3.30. The zero-order valence-corrected chi connectivity index (χ0v) is 9.44. The van der Waals surface area contributed by atoms with Gasteiger partial charge in [-0.15, -0.1) is 0 Å². The minimum Gasteiger partial charge on any atom is -0.389 e. The average Bonchev–Trinajstić information content (AvgIpc) is 2.55. The lowest BCUT2D eigenvalue weighted by Gasteiger charge is -2.37. The molecule has 0 aromatic carbocycles. The molecule has 0 saturated carbocycles. The molecule has 2 unspecified atom stereocenters. The summed E-state index contributed by atoms with van der Waals surface area (Å²) in [6.07, 6.45) is 4.30. The molecule has 2 bridgehead atoms. The van der Waals surface area contributed by atoms with Gasteiger partial charge in [-0.2, -0.15) is 0 Å². The first-order valence-corrected chi connectivity index (χ1v) is 5.58. The minimum atomic E-state index is -0.666. The molecule has 2 heterocycles. The Labute approximate surface area is 90.5 Å². The molecule has 1 N–H and O–H groups in total. The molecule has 2 atom stereocenters. The van der Waals surface area contributed by atoms with E-state index in [1.807, 2.05) is 0 Å². The molecular weight excluding hydrogens is 196 g/mol. The fourth-order valence-electron chi connectivity index (χ4n) is 2.75. The number of rotatable bonds is 4. The highest BCUT2D eigenvalue weighted by molar-refractivity contribution is 4.94. The summed E-state index contributed by atoms with van der Waals surface area (Å²) >= 11 is 0. The first-order valence-electron chi connectivity index (χ1n) is 5.58. The van der Waals surface area contributed by atoms with Gasteiger partial charge in [0.1, 0.15) is 0 Å². The summed E-state index contributed by atoms with van der Waals surface area (Å²) in [5, 5.41) is 10.4. The summed E-state index contributed by atoms with van der Waals surface area (Å²) in [6, 6.07) is 0. The third-order valence-corrected chi connectivity index (χ3v) is 3.48. The molecule has 0 radical (unpaired) electrons. The van der Waals surface area contributed by atoms with E-state index in [1.54, 1.807) is 14.2 Å². The third-order valence-electron chi connectivity index (χ3n) is 3.48. The molecule has 4 heteroatoms. The summed E-state index contributed by atoms with van der Waals surface area (Å²) in [6.45, 7) is 0. The molecule has 2 aliphatic rings. The Balaban J connectivity index is 1.94. The topological polar surface area (TPSA) is 47.9 Å². The van der Waals surface area contributed by atoms with E-state index < -0.39 is 5.60 Å². The average molecular weight is 216 g/mol. The van der Waals surface area contributed by atoms with Crippen molar-refractivity contribution in [1.29, 1.82) is 0 Å². The van der Waals surface area contributed by atoms with E-state index in [9.17, 15) is 5.11 Å². The van der Waals surface area contributed by atoms with Crippen LogP contribution in [0, 0.1) is 0 Å². The number of ether oxygens (including phenoxy) is 3. The Morgan fingerprint density at radius 2 is 1.80 bits per heavy atom. The van der Waals surface area contributed by atoms with Gasteiger partial charge in [-0.25, -0.2) is 0 Å². The standard InChI is InChI=1S/C11H20O4/c1-13-10(14-2)7-11(12)5-8-3-4-9(6-11)15-8/h8-10,12H,3-7H2,1-2H3. The number of aliphatic hydroxyl groups is 1. The van der Waals surface area contributed by atoms with E-state index in [-0.39, 0.29) is 18.5 Å². The first-order chi connectivity index (χ1) is 7.15. The van der Waals surface area contributed by atoms with Crippen molar-refractivity contribution < 1.29 is 19.3 Å². The van der Waals surface area contributed by atoms with E-state index in [4.69, 9.17) is 14.2 Å². The van der Waals surface area contributed by atoms with Gasteiger partial charge in [-0.05, 0) is 12.8 Å².